The molecule has 0 bridgehead atoms. The maximum Gasteiger partial charge on any atom is 0.262 e. The molecule has 0 spiro atoms. The molecular formula is C22H24N4O2S. The standard InChI is InChI=1S/C22H24N4O2S/c1-14(2)19(25-21(27)18-6-4-12-29-18)22(28)26-10-7-15(8-11-26)17-13-24-20-16(17)5-3-9-23-20/h3-7,9,12-14,19H,8,10-11H2,1-2H3,(H,23,24)(H,25,27). The number of fused-ring (bicyclic) bond motifs is 1. The first-order valence-electron chi connectivity index (χ1n) is 9.79. The van der Waals surface area contributed by atoms with Gasteiger partial charge < -0.3 is 15.2 Å². The first-order chi connectivity index (χ1) is 14.0. The highest BCUT2D eigenvalue weighted by atomic mass is 32.1. The average molecular weight is 409 g/mol. The van der Waals surface area contributed by atoms with Crippen LogP contribution in [-0.4, -0.2) is 45.8 Å². The van der Waals surface area contributed by atoms with Gasteiger partial charge in [-0.15, -0.1) is 11.3 Å². The monoisotopic (exact) mass is 408 g/mol. The molecular weight excluding hydrogens is 384 g/mol. The van der Waals surface area contributed by atoms with Gasteiger partial charge >= 0.3 is 0 Å². The SMILES string of the molecule is CC(C)C(NC(=O)c1cccs1)C(=O)N1CC=C(c2c[nH]c3ncccc23)CC1. The highest BCUT2D eigenvalue weighted by molar-refractivity contribution is 7.12. The fourth-order valence-corrected chi connectivity index (χ4v) is 4.29. The van der Waals surface area contributed by atoms with Crippen molar-refractivity contribution in [3.05, 3.63) is 58.6 Å². The van der Waals surface area contributed by atoms with E-state index < -0.39 is 6.04 Å². The van der Waals surface area contributed by atoms with E-state index in [2.05, 4.69) is 27.4 Å². The van der Waals surface area contributed by atoms with E-state index in [-0.39, 0.29) is 17.7 Å². The quantitative estimate of drug-likeness (QED) is 0.676. The Labute approximate surface area is 173 Å². The van der Waals surface area contributed by atoms with E-state index in [0.717, 1.165) is 23.0 Å². The summed E-state index contributed by atoms with van der Waals surface area (Å²) in [7, 11) is 0. The van der Waals surface area contributed by atoms with E-state index >= 15 is 0 Å². The number of aromatic nitrogens is 2. The maximum atomic E-state index is 13.1. The number of carbonyl (C=O) groups is 2. The Balaban J connectivity index is 1.47. The number of hydrogen-bond acceptors (Lipinski definition) is 4. The van der Waals surface area contributed by atoms with E-state index in [4.69, 9.17) is 0 Å². The van der Waals surface area contributed by atoms with Crippen LogP contribution in [0.2, 0.25) is 0 Å². The number of hydrogen-bond donors (Lipinski definition) is 2. The Kier molecular flexibility index (Phi) is 5.49. The fraction of sp³-hybridized carbons (Fsp3) is 0.318. The third-order valence-electron chi connectivity index (χ3n) is 5.28. The van der Waals surface area contributed by atoms with Gasteiger partial charge in [0.25, 0.3) is 5.91 Å². The summed E-state index contributed by atoms with van der Waals surface area (Å²) in [5.41, 5.74) is 3.24. The molecule has 6 nitrogen and oxygen atoms in total. The molecule has 29 heavy (non-hydrogen) atoms. The molecule has 4 rings (SSSR count). The number of pyridine rings is 1. The molecule has 0 saturated carbocycles. The second kappa shape index (κ2) is 8.21. The third kappa shape index (κ3) is 3.96. The fourth-order valence-electron chi connectivity index (χ4n) is 3.67. The van der Waals surface area contributed by atoms with Crippen LogP contribution in [0.4, 0.5) is 0 Å². The highest BCUT2D eigenvalue weighted by Gasteiger charge is 2.30. The van der Waals surface area contributed by atoms with Crippen molar-refractivity contribution in [2.45, 2.75) is 26.3 Å². The van der Waals surface area contributed by atoms with E-state index in [9.17, 15) is 9.59 Å². The summed E-state index contributed by atoms with van der Waals surface area (Å²) >= 11 is 1.38. The minimum atomic E-state index is -0.531. The van der Waals surface area contributed by atoms with Crippen LogP contribution in [-0.2, 0) is 4.79 Å². The van der Waals surface area contributed by atoms with Crippen LogP contribution in [0.1, 0.15) is 35.5 Å². The third-order valence-corrected chi connectivity index (χ3v) is 6.15. The van der Waals surface area contributed by atoms with Gasteiger partial charge in [0.15, 0.2) is 0 Å². The Morgan fingerprint density at radius 2 is 2.14 bits per heavy atom. The van der Waals surface area contributed by atoms with Crippen molar-refractivity contribution in [2.75, 3.05) is 13.1 Å². The molecule has 7 heteroatoms. The van der Waals surface area contributed by atoms with Crippen LogP contribution < -0.4 is 5.32 Å². The molecule has 0 saturated heterocycles. The minimum Gasteiger partial charge on any atom is -0.346 e. The van der Waals surface area contributed by atoms with Crippen molar-refractivity contribution in [2.24, 2.45) is 5.92 Å². The van der Waals surface area contributed by atoms with Crippen LogP contribution in [0.25, 0.3) is 16.6 Å². The molecule has 3 aromatic rings. The molecule has 1 unspecified atom stereocenters. The Morgan fingerprint density at radius 3 is 2.83 bits per heavy atom. The smallest absolute Gasteiger partial charge is 0.262 e. The van der Waals surface area contributed by atoms with Gasteiger partial charge in [-0.05, 0) is 41.5 Å². The lowest BCUT2D eigenvalue weighted by atomic mass is 9.97. The molecule has 1 aliphatic heterocycles. The molecule has 1 atom stereocenters. The van der Waals surface area contributed by atoms with Gasteiger partial charge in [-0.2, -0.15) is 0 Å². The summed E-state index contributed by atoms with van der Waals surface area (Å²) < 4.78 is 0. The number of amides is 2. The molecule has 150 valence electrons. The van der Waals surface area contributed by atoms with Crippen molar-refractivity contribution in [3.8, 4) is 0 Å². The zero-order valence-electron chi connectivity index (χ0n) is 16.5. The van der Waals surface area contributed by atoms with E-state index in [1.807, 2.05) is 42.5 Å². The van der Waals surface area contributed by atoms with Gasteiger partial charge in [0.1, 0.15) is 11.7 Å². The number of nitrogens with one attached hydrogen (secondary N) is 2. The minimum absolute atomic E-state index is 0.0106. The molecule has 0 fully saturated rings. The highest BCUT2D eigenvalue weighted by Crippen LogP contribution is 2.28. The normalized spacial score (nSPS) is 15.4. The van der Waals surface area contributed by atoms with Gasteiger partial charge in [0.05, 0.1) is 4.88 Å². The van der Waals surface area contributed by atoms with Gasteiger partial charge in [-0.25, -0.2) is 4.98 Å². The molecule has 0 aromatic carbocycles. The number of H-pyrrole nitrogens is 1. The molecule has 2 amide bonds. The first-order valence-corrected chi connectivity index (χ1v) is 10.7. The number of carbonyl (C=O) groups excluding carboxylic acids is 2. The predicted octanol–water partition coefficient (Wildman–Crippen LogP) is 3.69. The summed E-state index contributed by atoms with van der Waals surface area (Å²) in [4.78, 5) is 35.6. The zero-order valence-corrected chi connectivity index (χ0v) is 17.3. The lowest BCUT2D eigenvalue weighted by Crippen LogP contribution is -2.52. The zero-order chi connectivity index (χ0) is 20.4. The second-order valence-electron chi connectivity index (χ2n) is 7.54. The van der Waals surface area contributed by atoms with Crippen LogP contribution >= 0.6 is 11.3 Å². The Hall–Kier alpha value is -2.93. The largest absolute Gasteiger partial charge is 0.346 e. The van der Waals surface area contributed by atoms with Crippen molar-refractivity contribution in [1.82, 2.24) is 20.2 Å². The lowest BCUT2D eigenvalue weighted by Gasteiger charge is -2.32. The summed E-state index contributed by atoms with van der Waals surface area (Å²) in [5.74, 6) is -0.205. The summed E-state index contributed by atoms with van der Waals surface area (Å²) in [6.07, 6.45) is 6.64. The summed E-state index contributed by atoms with van der Waals surface area (Å²) in [6, 6.07) is 7.07. The molecule has 1 aliphatic rings. The number of nitrogens with zero attached hydrogens (tertiary/aromatic N) is 2. The van der Waals surface area contributed by atoms with E-state index in [1.54, 1.807) is 12.3 Å². The lowest BCUT2D eigenvalue weighted by molar-refractivity contribution is -0.133. The van der Waals surface area contributed by atoms with Gasteiger partial charge in [0.2, 0.25) is 5.91 Å². The van der Waals surface area contributed by atoms with Crippen LogP contribution in [0.15, 0.2) is 48.1 Å². The average Bonchev–Trinajstić information content (AvgIpc) is 3.41. The number of rotatable bonds is 5. The molecule has 2 N–H and O–H groups in total. The van der Waals surface area contributed by atoms with Crippen molar-refractivity contribution < 1.29 is 9.59 Å². The predicted molar refractivity (Wildman–Crippen MR) is 116 cm³/mol. The number of thiophene rings is 1. The van der Waals surface area contributed by atoms with Crippen LogP contribution in [0, 0.1) is 5.92 Å². The number of aromatic amines is 1. The Bertz CT molecular complexity index is 1050. The summed E-state index contributed by atoms with van der Waals surface area (Å²) in [5, 5.41) is 5.88. The van der Waals surface area contributed by atoms with Crippen molar-refractivity contribution in [3.63, 3.8) is 0 Å². The van der Waals surface area contributed by atoms with Gasteiger partial charge in [-0.1, -0.05) is 26.0 Å². The Morgan fingerprint density at radius 1 is 1.28 bits per heavy atom. The van der Waals surface area contributed by atoms with E-state index in [0.29, 0.717) is 18.0 Å². The first kappa shape index (κ1) is 19.4. The summed E-state index contributed by atoms with van der Waals surface area (Å²) in [6.45, 7) is 5.09. The van der Waals surface area contributed by atoms with Crippen molar-refractivity contribution in [1.29, 1.82) is 0 Å². The van der Waals surface area contributed by atoms with E-state index in [1.165, 1.54) is 16.9 Å². The second-order valence-corrected chi connectivity index (χ2v) is 8.49. The topological polar surface area (TPSA) is 78.1 Å². The van der Waals surface area contributed by atoms with Crippen molar-refractivity contribution >= 4 is 39.8 Å². The van der Waals surface area contributed by atoms with Crippen LogP contribution in [0.5, 0.6) is 0 Å². The molecule has 0 aliphatic carbocycles. The molecule has 3 aromatic heterocycles. The molecule has 0 radical (unpaired) electrons. The van der Waals surface area contributed by atoms with Gasteiger partial charge in [0, 0.05) is 36.4 Å². The maximum absolute atomic E-state index is 13.1. The molecule has 4 heterocycles. The van der Waals surface area contributed by atoms with Gasteiger partial charge in [-0.3, -0.25) is 9.59 Å². The van der Waals surface area contributed by atoms with Crippen LogP contribution in [0.3, 0.4) is 0 Å².